The number of benzene rings is 2. The molecule has 2 rings (SSSR count). The first kappa shape index (κ1) is 13.9. The molecule has 0 heterocycles. The van der Waals surface area contributed by atoms with Crippen LogP contribution in [0.2, 0.25) is 0 Å². The van der Waals surface area contributed by atoms with E-state index in [0.717, 1.165) is 6.07 Å². The first-order chi connectivity index (χ1) is 9.56. The van der Waals surface area contributed by atoms with Crippen LogP contribution in [0, 0.1) is 5.82 Å². The predicted molar refractivity (Wildman–Crippen MR) is 73.8 cm³/mol. The van der Waals surface area contributed by atoms with Crippen molar-refractivity contribution in [3.05, 3.63) is 53.3 Å². The molecule has 0 bridgehead atoms. The van der Waals surface area contributed by atoms with E-state index in [9.17, 15) is 9.18 Å². The number of hydrogen-bond acceptors (Lipinski definition) is 4. The lowest BCUT2D eigenvalue weighted by atomic mass is 10.0. The third-order valence-corrected chi connectivity index (χ3v) is 2.91. The highest BCUT2D eigenvalue weighted by molar-refractivity contribution is 6.12. The van der Waals surface area contributed by atoms with Crippen molar-refractivity contribution >= 4 is 11.5 Å². The van der Waals surface area contributed by atoms with Crippen LogP contribution in [0.25, 0.3) is 0 Å². The van der Waals surface area contributed by atoms with Gasteiger partial charge in [0.15, 0.2) is 17.3 Å². The van der Waals surface area contributed by atoms with Crippen molar-refractivity contribution in [1.29, 1.82) is 0 Å². The largest absolute Gasteiger partial charge is 0.493 e. The first-order valence-corrected chi connectivity index (χ1v) is 5.88. The van der Waals surface area contributed by atoms with Crippen LogP contribution in [0.4, 0.5) is 10.1 Å². The van der Waals surface area contributed by atoms with Crippen LogP contribution in [0.5, 0.6) is 11.5 Å². The van der Waals surface area contributed by atoms with Crippen LogP contribution in [-0.4, -0.2) is 20.0 Å². The second-order valence-electron chi connectivity index (χ2n) is 4.13. The predicted octanol–water partition coefficient (Wildman–Crippen LogP) is 2.66. The number of ether oxygens (including phenoxy) is 2. The molecule has 0 radical (unpaired) electrons. The van der Waals surface area contributed by atoms with Crippen LogP contribution in [0.3, 0.4) is 0 Å². The van der Waals surface area contributed by atoms with Crippen LogP contribution in [0.1, 0.15) is 15.9 Å². The van der Waals surface area contributed by atoms with Crippen LogP contribution in [-0.2, 0) is 0 Å². The molecule has 0 spiro atoms. The van der Waals surface area contributed by atoms with Gasteiger partial charge in [-0.1, -0.05) is 0 Å². The van der Waals surface area contributed by atoms with E-state index in [-0.39, 0.29) is 17.0 Å². The van der Waals surface area contributed by atoms with Gasteiger partial charge in [-0.2, -0.15) is 0 Å². The minimum Gasteiger partial charge on any atom is -0.493 e. The van der Waals surface area contributed by atoms with E-state index < -0.39 is 5.82 Å². The van der Waals surface area contributed by atoms with E-state index in [1.165, 1.54) is 32.4 Å². The normalized spacial score (nSPS) is 10.2. The van der Waals surface area contributed by atoms with Crippen LogP contribution < -0.4 is 15.2 Å². The fourth-order valence-electron chi connectivity index (χ4n) is 1.86. The minimum atomic E-state index is -0.511. The van der Waals surface area contributed by atoms with E-state index in [1.807, 2.05) is 0 Å². The topological polar surface area (TPSA) is 61.5 Å². The van der Waals surface area contributed by atoms with E-state index in [0.29, 0.717) is 17.1 Å². The number of carbonyl (C=O) groups excluding carboxylic acids is 1. The molecule has 2 aromatic rings. The molecule has 2 N–H and O–H groups in total. The van der Waals surface area contributed by atoms with Crippen molar-refractivity contribution in [2.24, 2.45) is 0 Å². The van der Waals surface area contributed by atoms with Crippen molar-refractivity contribution in [2.75, 3.05) is 20.0 Å². The lowest BCUT2D eigenvalue weighted by Crippen LogP contribution is -2.06. The van der Waals surface area contributed by atoms with E-state index >= 15 is 0 Å². The van der Waals surface area contributed by atoms with E-state index in [2.05, 4.69) is 0 Å². The molecule has 0 fully saturated rings. The summed E-state index contributed by atoms with van der Waals surface area (Å²) < 4.78 is 23.5. The number of ketones is 1. The molecular weight excluding hydrogens is 261 g/mol. The highest BCUT2D eigenvalue weighted by Gasteiger charge is 2.15. The SMILES string of the molecule is COc1ccc(C(=O)c2cc(F)ccc2N)cc1OC. The summed E-state index contributed by atoms with van der Waals surface area (Å²) in [5.41, 5.74) is 6.41. The summed E-state index contributed by atoms with van der Waals surface area (Å²) in [6.45, 7) is 0. The monoisotopic (exact) mass is 275 g/mol. The Morgan fingerprint density at radius 1 is 1.05 bits per heavy atom. The van der Waals surface area contributed by atoms with Gasteiger partial charge in [0.05, 0.1) is 14.2 Å². The Kier molecular flexibility index (Phi) is 3.89. The van der Waals surface area contributed by atoms with Gasteiger partial charge in [0, 0.05) is 16.8 Å². The standard InChI is InChI=1S/C15H14FNO3/c1-19-13-6-3-9(7-14(13)20-2)15(18)11-8-10(16)4-5-12(11)17/h3-8H,17H2,1-2H3. The number of nitrogen functional groups attached to an aromatic ring is 1. The number of methoxy groups -OCH3 is 2. The van der Waals surface area contributed by atoms with Gasteiger partial charge in [0.25, 0.3) is 0 Å². The van der Waals surface area contributed by atoms with E-state index in [1.54, 1.807) is 12.1 Å². The highest BCUT2D eigenvalue weighted by atomic mass is 19.1. The van der Waals surface area contributed by atoms with Crippen molar-refractivity contribution < 1.29 is 18.7 Å². The Hall–Kier alpha value is -2.56. The highest BCUT2D eigenvalue weighted by Crippen LogP contribution is 2.29. The maximum Gasteiger partial charge on any atom is 0.195 e. The maximum absolute atomic E-state index is 13.2. The zero-order valence-electron chi connectivity index (χ0n) is 11.1. The number of nitrogens with two attached hydrogens (primary N) is 1. The summed E-state index contributed by atoms with van der Waals surface area (Å²) in [7, 11) is 2.98. The average molecular weight is 275 g/mol. The molecule has 104 valence electrons. The second kappa shape index (κ2) is 5.61. The van der Waals surface area contributed by atoms with Gasteiger partial charge in [0.1, 0.15) is 5.82 Å². The lowest BCUT2D eigenvalue weighted by Gasteiger charge is -2.10. The fourth-order valence-corrected chi connectivity index (χ4v) is 1.86. The van der Waals surface area contributed by atoms with Crippen molar-refractivity contribution in [3.8, 4) is 11.5 Å². The minimum absolute atomic E-state index is 0.122. The number of rotatable bonds is 4. The first-order valence-electron chi connectivity index (χ1n) is 5.88. The molecule has 2 aromatic carbocycles. The smallest absolute Gasteiger partial charge is 0.195 e. The lowest BCUT2D eigenvalue weighted by molar-refractivity contribution is 0.103. The molecule has 0 saturated heterocycles. The van der Waals surface area contributed by atoms with E-state index in [4.69, 9.17) is 15.2 Å². The molecule has 0 unspecified atom stereocenters. The van der Waals surface area contributed by atoms with Gasteiger partial charge in [-0.25, -0.2) is 4.39 Å². The van der Waals surface area contributed by atoms with Crippen molar-refractivity contribution in [1.82, 2.24) is 0 Å². The third kappa shape index (κ3) is 2.56. The Balaban J connectivity index is 2.45. The molecular formula is C15H14FNO3. The summed E-state index contributed by atoms with van der Waals surface area (Å²) in [5, 5.41) is 0. The summed E-state index contributed by atoms with van der Waals surface area (Å²) in [4.78, 5) is 12.3. The van der Waals surface area contributed by atoms with Gasteiger partial charge in [-0.15, -0.1) is 0 Å². The van der Waals surface area contributed by atoms with Gasteiger partial charge in [0.2, 0.25) is 0 Å². The molecule has 0 aromatic heterocycles. The molecule has 0 aliphatic carbocycles. The number of carbonyl (C=O) groups is 1. The number of hydrogen-bond donors (Lipinski definition) is 1. The molecule has 20 heavy (non-hydrogen) atoms. The molecule has 5 heteroatoms. The Morgan fingerprint density at radius 2 is 1.75 bits per heavy atom. The van der Waals surface area contributed by atoms with Crippen LogP contribution >= 0.6 is 0 Å². The van der Waals surface area contributed by atoms with Crippen molar-refractivity contribution in [3.63, 3.8) is 0 Å². The molecule has 0 saturated carbocycles. The molecule has 0 aliphatic heterocycles. The Morgan fingerprint density at radius 3 is 2.40 bits per heavy atom. The number of anilines is 1. The molecule has 0 amide bonds. The summed E-state index contributed by atoms with van der Waals surface area (Å²) in [6.07, 6.45) is 0. The number of halogens is 1. The summed E-state index contributed by atoms with van der Waals surface area (Å²) >= 11 is 0. The maximum atomic E-state index is 13.2. The summed E-state index contributed by atoms with van der Waals surface area (Å²) in [5.74, 6) is 0.0515. The van der Waals surface area contributed by atoms with Crippen LogP contribution in [0.15, 0.2) is 36.4 Å². The van der Waals surface area contributed by atoms with Gasteiger partial charge < -0.3 is 15.2 Å². The molecule has 4 nitrogen and oxygen atoms in total. The quantitative estimate of drug-likeness (QED) is 0.688. The second-order valence-corrected chi connectivity index (χ2v) is 4.13. The van der Waals surface area contributed by atoms with Gasteiger partial charge in [-0.3, -0.25) is 4.79 Å². The average Bonchev–Trinajstić information content (AvgIpc) is 2.48. The fraction of sp³-hybridized carbons (Fsp3) is 0.133. The van der Waals surface area contributed by atoms with Gasteiger partial charge >= 0.3 is 0 Å². The van der Waals surface area contributed by atoms with Crippen molar-refractivity contribution in [2.45, 2.75) is 0 Å². The summed E-state index contributed by atoms with van der Waals surface area (Å²) in [6, 6.07) is 8.42. The zero-order valence-corrected chi connectivity index (χ0v) is 11.1. The third-order valence-electron chi connectivity index (χ3n) is 2.91. The molecule has 0 atom stereocenters. The van der Waals surface area contributed by atoms with Gasteiger partial charge in [-0.05, 0) is 36.4 Å². The zero-order chi connectivity index (χ0) is 14.7. The Labute approximate surface area is 115 Å². The molecule has 0 aliphatic rings. The Bertz CT molecular complexity index is 656.